The smallest absolute Gasteiger partial charge is 0.269 e. The number of hydrogen-bond donors (Lipinski definition) is 2. The van der Waals surface area contributed by atoms with E-state index in [1.165, 1.54) is 12.3 Å². The molecule has 0 bridgehead atoms. The van der Waals surface area contributed by atoms with Crippen molar-refractivity contribution in [1.29, 1.82) is 0 Å². The fourth-order valence-corrected chi connectivity index (χ4v) is 2.17. The fraction of sp³-hybridized carbons (Fsp3) is 0.316. The number of carbonyl (C=O) groups excluding carboxylic acids is 2. The number of para-hydroxylation sites is 1. The van der Waals surface area contributed by atoms with Crippen molar-refractivity contribution in [1.82, 2.24) is 10.3 Å². The number of carbonyl (C=O) groups is 2. The van der Waals surface area contributed by atoms with Crippen LogP contribution in [0, 0.1) is 12.8 Å². The number of nitrogens with one attached hydrogen (secondary N) is 2. The molecule has 0 aliphatic heterocycles. The van der Waals surface area contributed by atoms with Crippen LogP contribution >= 0.6 is 0 Å². The van der Waals surface area contributed by atoms with Gasteiger partial charge >= 0.3 is 0 Å². The van der Waals surface area contributed by atoms with Gasteiger partial charge < -0.3 is 10.6 Å². The second kappa shape index (κ2) is 8.24. The zero-order chi connectivity index (χ0) is 17.5. The predicted octanol–water partition coefficient (Wildman–Crippen LogP) is 3.42. The number of anilines is 1. The first-order chi connectivity index (χ1) is 11.5. The molecule has 2 amide bonds. The number of benzene rings is 1. The van der Waals surface area contributed by atoms with E-state index in [-0.39, 0.29) is 17.5 Å². The van der Waals surface area contributed by atoms with Crippen LogP contribution in [0.2, 0.25) is 0 Å². The van der Waals surface area contributed by atoms with E-state index < -0.39 is 0 Å². The normalized spacial score (nSPS) is 10.5. The zero-order valence-corrected chi connectivity index (χ0v) is 14.3. The van der Waals surface area contributed by atoms with Gasteiger partial charge in [0.25, 0.3) is 11.8 Å². The highest BCUT2D eigenvalue weighted by molar-refractivity contribution is 6.06. The van der Waals surface area contributed by atoms with Crippen LogP contribution in [0.3, 0.4) is 0 Å². The van der Waals surface area contributed by atoms with E-state index in [0.29, 0.717) is 18.0 Å². The lowest BCUT2D eigenvalue weighted by molar-refractivity contribution is 0.0947. The molecule has 2 rings (SSSR count). The molecular weight excluding hydrogens is 302 g/mol. The van der Waals surface area contributed by atoms with Crippen LogP contribution in [0.5, 0.6) is 0 Å². The SMILES string of the molecule is Cc1ccccc1NC(=O)c1ccnc(C(=O)NCCC(C)C)c1. The predicted molar refractivity (Wildman–Crippen MR) is 95.2 cm³/mol. The Balaban J connectivity index is 2.05. The molecule has 1 aromatic carbocycles. The largest absolute Gasteiger partial charge is 0.351 e. The summed E-state index contributed by atoms with van der Waals surface area (Å²) in [6, 6.07) is 10.7. The van der Waals surface area contributed by atoms with Gasteiger partial charge in [-0.15, -0.1) is 0 Å². The molecule has 0 fully saturated rings. The molecule has 0 saturated heterocycles. The summed E-state index contributed by atoms with van der Waals surface area (Å²) in [7, 11) is 0. The first-order valence-corrected chi connectivity index (χ1v) is 8.08. The van der Waals surface area contributed by atoms with Gasteiger partial charge in [0.1, 0.15) is 5.69 Å². The molecule has 2 aromatic rings. The van der Waals surface area contributed by atoms with Crippen molar-refractivity contribution in [2.75, 3.05) is 11.9 Å². The number of hydrogen-bond acceptors (Lipinski definition) is 3. The van der Waals surface area contributed by atoms with Gasteiger partial charge in [-0.3, -0.25) is 14.6 Å². The van der Waals surface area contributed by atoms with Crippen LogP contribution in [-0.2, 0) is 0 Å². The molecule has 0 spiro atoms. The van der Waals surface area contributed by atoms with Crippen molar-refractivity contribution in [3.05, 3.63) is 59.4 Å². The Morgan fingerprint density at radius 1 is 1.12 bits per heavy atom. The number of amides is 2. The van der Waals surface area contributed by atoms with E-state index in [1.54, 1.807) is 6.07 Å². The summed E-state index contributed by atoms with van der Waals surface area (Å²) in [6.07, 6.45) is 2.38. The van der Waals surface area contributed by atoms with Crippen molar-refractivity contribution >= 4 is 17.5 Å². The second-order valence-corrected chi connectivity index (χ2v) is 6.14. The minimum atomic E-state index is -0.263. The fourth-order valence-electron chi connectivity index (χ4n) is 2.17. The average molecular weight is 325 g/mol. The van der Waals surface area contributed by atoms with Gasteiger partial charge in [-0.05, 0) is 43.0 Å². The second-order valence-electron chi connectivity index (χ2n) is 6.14. The van der Waals surface area contributed by atoms with Crippen LogP contribution in [0.25, 0.3) is 0 Å². The third kappa shape index (κ3) is 4.91. The Bertz CT molecular complexity index is 726. The van der Waals surface area contributed by atoms with Gasteiger partial charge in [0, 0.05) is 24.0 Å². The van der Waals surface area contributed by atoms with Gasteiger partial charge in [-0.2, -0.15) is 0 Å². The standard InChI is InChI=1S/C19H23N3O2/c1-13(2)8-10-21-19(24)17-12-15(9-11-20-17)18(23)22-16-7-5-4-6-14(16)3/h4-7,9,11-13H,8,10H2,1-3H3,(H,21,24)(H,22,23). The number of aromatic nitrogens is 1. The lowest BCUT2D eigenvalue weighted by atomic mass is 10.1. The Kier molecular flexibility index (Phi) is 6.07. The molecular formula is C19H23N3O2. The third-order valence-electron chi connectivity index (χ3n) is 3.66. The highest BCUT2D eigenvalue weighted by Crippen LogP contribution is 2.15. The van der Waals surface area contributed by atoms with Gasteiger partial charge in [-0.1, -0.05) is 32.0 Å². The number of rotatable bonds is 6. The van der Waals surface area contributed by atoms with E-state index in [2.05, 4.69) is 29.5 Å². The van der Waals surface area contributed by atoms with E-state index in [0.717, 1.165) is 17.7 Å². The number of nitrogens with zero attached hydrogens (tertiary/aromatic N) is 1. The number of aryl methyl sites for hydroxylation is 1. The Labute approximate surface area is 142 Å². The van der Waals surface area contributed by atoms with E-state index >= 15 is 0 Å². The average Bonchev–Trinajstić information content (AvgIpc) is 2.56. The molecule has 126 valence electrons. The van der Waals surface area contributed by atoms with E-state index in [4.69, 9.17) is 0 Å². The summed E-state index contributed by atoms with van der Waals surface area (Å²) >= 11 is 0. The van der Waals surface area contributed by atoms with Crippen LogP contribution in [0.4, 0.5) is 5.69 Å². The van der Waals surface area contributed by atoms with Gasteiger partial charge in [0.2, 0.25) is 0 Å². The van der Waals surface area contributed by atoms with Crippen molar-refractivity contribution in [3.63, 3.8) is 0 Å². The summed E-state index contributed by atoms with van der Waals surface area (Å²) in [6.45, 7) is 6.72. The maximum atomic E-state index is 12.4. The van der Waals surface area contributed by atoms with Crippen molar-refractivity contribution < 1.29 is 9.59 Å². The zero-order valence-electron chi connectivity index (χ0n) is 14.3. The molecule has 2 N–H and O–H groups in total. The molecule has 0 unspecified atom stereocenters. The molecule has 0 aliphatic rings. The van der Waals surface area contributed by atoms with Crippen LogP contribution in [0.1, 0.15) is 46.7 Å². The summed E-state index contributed by atoms with van der Waals surface area (Å²) < 4.78 is 0. The van der Waals surface area contributed by atoms with Crippen molar-refractivity contribution in [2.24, 2.45) is 5.92 Å². The summed E-state index contributed by atoms with van der Waals surface area (Å²) in [5.74, 6) is -0.00592. The van der Waals surface area contributed by atoms with Crippen molar-refractivity contribution in [3.8, 4) is 0 Å². The number of pyridine rings is 1. The minimum Gasteiger partial charge on any atom is -0.351 e. The minimum absolute atomic E-state index is 0.246. The summed E-state index contributed by atoms with van der Waals surface area (Å²) in [5.41, 5.74) is 2.38. The van der Waals surface area contributed by atoms with Crippen molar-refractivity contribution in [2.45, 2.75) is 27.2 Å². The first-order valence-electron chi connectivity index (χ1n) is 8.08. The molecule has 0 saturated carbocycles. The van der Waals surface area contributed by atoms with Gasteiger partial charge in [0.05, 0.1) is 0 Å². The van der Waals surface area contributed by atoms with Crippen LogP contribution in [0.15, 0.2) is 42.6 Å². The lowest BCUT2D eigenvalue weighted by Crippen LogP contribution is -2.26. The van der Waals surface area contributed by atoms with Gasteiger partial charge in [0.15, 0.2) is 0 Å². The molecule has 24 heavy (non-hydrogen) atoms. The topological polar surface area (TPSA) is 71.1 Å². The monoisotopic (exact) mass is 325 g/mol. The Morgan fingerprint density at radius 2 is 1.88 bits per heavy atom. The molecule has 0 aliphatic carbocycles. The molecule has 0 radical (unpaired) electrons. The highest BCUT2D eigenvalue weighted by atomic mass is 16.2. The molecule has 5 nitrogen and oxygen atoms in total. The highest BCUT2D eigenvalue weighted by Gasteiger charge is 2.12. The lowest BCUT2D eigenvalue weighted by Gasteiger charge is -2.09. The molecule has 5 heteroatoms. The Hall–Kier alpha value is -2.69. The third-order valence-corrected chi connectivity index (χ3v) is 3.66. The van der Waals surface area contributed by atoms with Crippen LogP contribution < -0.4 is 10.6 Å². The first kappa shape index (κ1) is 17.7. The molecule has 0 atom stereocenters. The summed E-state index contributed by atoms with van der Waals surface area (Å²) in [4.78, 5) is 28.5. The Morgan fingerprint density at radius 3 is 2.58 bits per heavy atom. The van der Waals surface area contributed by atoms with E-state index in [1.807, 2.05) is 31.2 Å². The van der Waals surface area contributed by atoms with Crippen LogP contribution in [-0.4, -0.2) is 23.3 Å². The maximum Gasteiger partial charge on any atom is 0.269 e. The summed E-state index contributed by atoms with van der Waals surface area (Å²) in [5, 5.41) is 5.67. The molecule has 1 aromatic heterocycles. The van der Waals surface area contributed by atoms with E-state index in [9.17, 15) is 9.59 Å². The van der Waals surface area contributed by atoms with Gasteiger partial charge in [-0.25, -0.2) is 0 Å². The quantitative estimate of drug-likeness (QED) is 0.855. The molecule has 1 heterocycles. The maximum absolute atomic E-state index is 12.4.